The lowest BCUT2D eigenvalue weighted by Gasteiger charge is -2.12. The second-order valence-electron chi connectivity index (χ2n) is 6.77. The number of halogens is 1. The van der Waals surface area contributed by atoms with Crippen LogP contribution in [0.3, 0.4) is 0 Å². The third-order valence-corrected chi connectivity index (χ3v) is 4.86. The van der Waals surface area contributed by atoms with Crippen molar-refractivity contribution in [1.29, 1.82) is 0 Å². The molecule has 31 heavy (non-hydrogen) atoms. The largest absolute Gasteiger partial charge is 0.488 e. The Labute approximate surface area is 185 Å². The van der Waals surface area contributed by atoms with Crippen LogP contribution in [0.1, 0.15) is 11.1 Å². The minimum atomic E-state index is -0.294. The normalized spacial score (nSPS) is 10.9. The number of nitrogens with one attached hydrogen (secondary N) is 2. The summed E-state index contributed by atoms with van der Waals surface area (Å²) in [7, 11) is 0. The molecular weight excluding hydrogens is 409 g/mol. The number of anilines is 1. The van der Waals surface area contributed by atoms with Crippen molar-refractivity contribution in [1.82, 2.24) is 5.43 Å². The molecule has 0 saturated heterocycles. The summed E-state index contributed by atoms with van der Waals surface area (Å²) in [5.41, 5.74) is 4.97. The van der Waals surface area contributed by atoms with Crippen molar-refractivity contribution in [3.05, 3.63) is 108 Å². The lowest BCUT2D eigenvalue weighted by Crippen LogP contribution is -2.23. The molecule has 0 unspecified atom stereocenters. The highest BCUT2D eigenvalue weighted by molar-refractivity contribution is 7.80. The van der Waals surface area contributed by atoms with Gasteiger partial charge in [0.25, 0.3) is 0 Å². The van der Waals surface area contributed by atoms with Crippen LogP contribution >= 0.6 is 12.2 Å². The number of para-hydroxylation sites is 1. The van der Waals surface area contributed by atoms with Gasteiger partial charge in [-0.3, -0.25) is 5.43 Å². The number of thiocarbonyl (C=S) groups is 1. The summed E-state index contributed by atoms with van der Waals surface area (Å²) in [5.74, 6) is 0.312. The van der Waals surface area contributed by atoms with Gasteiger partial charge in [0.15, 0.2) is 5.11 Å². The summed E-state index contributed by atoms with van der Waals surface area (Å²) in [6, 6.07) is 27.9. The summed E-state index contributed by atoms with van der Waals surface area (Å²) in [6.45, 7) is 0.118. The van der Waals surface area contributed by atoms with Crippen molar-refractivity contribution in [2.45, 2.75) is 6.61 Å². The lowest BCUT2D eigenvalue weighted by molar-refractivity contribution is 0.300. The van der Waals surface area contributed by atoms with E-state index >= 15 is 0 Å². The standard InChI is InChI=1S/C25H20FN3OS/c26-23-13-7-5-9-19(23)17-30-24-15-14-18-8-4-6-12-21(18)22(24)16-27-29-25(31)28-20-10-2-1-3-11-20/h1-16H,17H2,(H2,28,29,31)/b27-16+. The van der Waals surface area contributed by atoms with Crippen LogP contribution in [0, 0.1) is 5.82 Å². The predicted molar refractivity (Wildman–Crippen MR) is 128 cm³/mol. The van der Waals surface area contributed by atoms with Gasteiger partial charge in [-0.25, -0.2) is 4.39 Å². The summed E-state index contributed by atoms with van der Waals surface area (Å²) in [6.07, 6.45) is 1.66. The Morgan fingerprint density at radius 3 is 2.48 bits per heavy atom. The van der Waals surface area contributed by atoms with Crippen molar-refractivity contribution in [2.75, 3.05) is 5.32 Å². The average molecular weight is 430 g/mol. The summed E-state index contributed by atoms with van der Waals surface area (Å²) < 4.78 is 19.9. The van der Waals surface area contributed by atoms with Crippen LogP contribution in [0.2, 0.25) is 0 Å². The van der Waals surface area contributed by atoms with Crippen molar-refractivity contribution < 1.29 is 9.13 Å². The molecule has 0 aromatic heterocycles. The fraction of sp³-hybridized carbons (Fsp3) is 0.0400. The molecule has 0 heterocycles. The number of hydrogen-bond donors (Lipinski definition) is 2. The molecule has 0 aliphatic heterocycles. The summed E-state index contributed by atoms with van der Waals surface area (Å²) in [5, 5.41) is 9.75. The van der Waals surface area contributed by atoms with Crippen molar-refractivity contribution in [3.8, 4) is 5.75 Å². The zero-order valence-electron chi connectivity index (χ0n) is 16.6. The lowest BCUT2D eigenvalue weighted by atomic mass is 10.0. The quantitative estimate of drug-likeness (QED) is 0.228. The fourth-order valence-corrected chi connectivity index (χ4v) is 3.31. The Kier molecular flexibility index (Phi) is 6.50. The SMILES string of the molecule is Fc1ccccc1COc1ccc2ccccc2c1/C=N/NC(=S)Nc1ccccc1. The minimum Gasteiger partial charge on any atom is -0.488 e. The molecule has 2 N–H and O–H groups in total. The third-order valence-electron chi connectivity index (χ3n) is 4.66. The number of ether oxygens (including phenoxy) is 1. The number of rotatable bonds is 6. The van der Waals surface area contributed by atoms with Gasteiger partial charge in [0.05, 0.1) is 6.21 Å². The van der Waals surface area contributed by atoms with E-state index in [1.807, 2.05) is 66.7 Å². The molecule has 0 fully saturated rings. The minimum absolute atomic E-state index is 0.118. The Balaban J connectivity index is 1.54. The zero-order valence-corrected chi connectivity index (χ0v) is 17.4. The van der Waals surface area contributed by atoms with Gasteiger partial charge in [0.1, 0.15) is 18.2 Å². The third kappa shape index (κ3) is 5.24. The topological polar surface area (TPSA) is 45.6 Å². The van der Waals surface area contributed by atoms with E-state index in [2.05, 4.69) is 15.8 Å². The van der Waals surface area contributed by atoms with E-state index in [-0.39, 0.29) is 12.4 Å². The molecule has 0 amide bonds. The second-order valence-corrected chi connectivity index (χ2v) is 7.18. The smallest absolute Gasteiger partial charge is 0.191 e. The van der Waals surface area contributed by atoms with Crippen LogP contribution in [0.4, 0.5) is 10.1 Å². The summed E-state index contributed by atoms with van der Waals surface area (Å²) >= 11 is 5.30. The molecule has 4 aromatic rings. The van der Waals surface area contributed by atoms with Crippen molar-refractivity contribution >= 4 is 40.0 Å². The highest BCUT2D eigenvalue weighted by Gasteiger charge is 2.09. The van der Waals surface area contributed by atoms with E-state index in [9.17, 15) is 4.39 Å². The van der Waals surface area contributed by atoms with Gasteiger partial charge in [-0.2, -0.15) is 5.10 Å². The Morgan fingerprint density at radius 2 is 1.65 bits per heavy atom. The van der Waals surface area contributed by atoms with Gasteiger partial charge in [-0.05, 0) is 47.3 Å². The van der Waals surface area contributed by atoms with Crippen molar-refractivity contribution in [3.63, 3.8) is 0 Å². The van der Waals surface area contributed by atoms with Gasteiger partial charge in [0, 0.05) is 16.8 Å². The Morgan fingerprint density at radius 1 is 0.903 bits per heavy atom. The molecule has 0 radical (unpaired) electrons. The highest BCUT2D eigenvalue weighted by Crippen LogP contribution is 2.27. The maximum atomic E-state index is 14.0. The van der Waals surface area contributed by atoms with Gasteiger partial charge >= 0.3 is 0 Å². The molecule has 0 aliphatic carbocycles. The Bertz CT molecular complexity index is 1230. The number of benzene rings is 4. The maximum absolute atomic E-state index is 14.0. The monoisotopic (exact) mass is 429 g/mol. The van der Waals surface area contributed by atoms with E-state index in [4.69, 9.17) is 17.0 Å². The number of hydrazone groups is 1. The number of nitrogens with zero attached hydrogens (tertiary/aromatic N) is 1. The first kappa shape index (κ1) is 20.5. The molecule has 0 bridgehead atoms. The van der Waals surface area contributed by atoms with Crippen molar-refractivity contribution in [2.24, 2.45) is 5.10 Å². The highest BCUT2D eigenvalue weighted by atomic mass is 32.1. The van der Waals surface area contributed by atoms with Crippen LogP contribution < -0.4 is 15.5 Å². The first-order chi connectivity index (χ1) is 15.2. The molecule has 0 atom stereocenters. The molecule has 4 rings (SSSR count). The molecule has 154 valence electrons. The molecule has 4 nitrogen and oxygen atoms in total. The van der Waals surface area contributed by atoms with Crippen LogP contribution in [0.25, 0.3) is 10.8 Å². The molecule has 0 aliphatic rings. The fourth-order valence-electron chi connectivity index (χ4n) is 3.14. The first-order valence-electron chi connectivity index (χ1n) is 9.74. The van der Waals surface area contributed by atoms with Gasteiger partial charge < -0.3 is 10.1 Å². The maximum Gasteiger partial charge on any atom is 0.191 e. The number of hydrogen-bond acceptors (Lipinski definition) is 3. The van der Waals surface area contributed by atoms with E-state index in [1.165, 1.54) is 6.07 Å². The average Bonchev–Trinajstić information content (AvgIpc) is 2.80. The van der Waals surface area contributed by atoms with E-state index in [0.717, 1.165) is 22.0 Å². The first-order valence-corrected chi connectivity index (χ1v) is 10.1. The van der Waals surface area contributed by atoms with Crippen LogP contribution in [-0.2, 0) is 6.61 Å². The van der Waals surface area contributed by atoms with Crippen LogP contribution in [-0.4, -0.2) is 11.3 Å². The van der Waals surface area contributed by atoms with E-state index in [1.54, 1.807) is 24.4 Å². The molecule has 0 spiro atoms. The molecular formula is C25H20FN3OS. The molecule has 0 saturated carbocycles. The zero-order chi connectivity index (χ0) is 21.5. The number of fused-ring (bicyclic) bond motifs is 1. The van der Waals surface area contributed by atoms with Gasteiger partial charge in [0.2, 0.25) is 0 Å². The second kappa shape index (κ2) is 9.82. The van der Waals surface area contributed by atoms with E-state index in [0.29, 0.717) is 16.4 Å². The van der Waals surface area contributed by atoms with Gasteiger partial charge in [-0.1, -0.05) is 66.7 Å². The molecule has 4 aromatic carbocycles. The summed E-state index contributed by atoms with van der Waals surface area (Å²) in [4.78, 5) is 0. The Hall–Kier alpha value is -3.77. The van der Waals surface area contributed by atoms with E-state index < -0.39 is 0 Å². The van der Waals surface area contributed by atoms with Crippen LogP contribution in [0.5, 0.6) is 5.75 Å². The predicted octanol–water partition coefficient (Wildman–Crippen LogP) is 5.88. The van der Waals surface area contributed by atoms with Crippen LogP contribution in [0.15, 0.2) is 96.1 Å². The molecule has 6 heteroatoms. The van der Waals surface area contributed by atoms with Gasteiger partial charge in [-0.15, -0.1) is 0 Å².